The van der Waals surface area contributed by atoms with Crippen molar-refractivity contribution in [2.24, 2.45) is 11.8 Å². The Morgan fingerprint density at radius 1 is 1.22 bits per heavy atom. The van der Waals surface area contributed by atoms with E-state index in [0.717, 1.165) is 32.0 Å². The van der Waals surface area contributed by atoms with E-state index in [9.17, 15) is 13.9 Å². The topological polar surface area (TPSA) is 23.5 Å². The van der Waals surface area contributed by atoms with E-state index < -0.39 is 11.6 Å². The number of likely N-dealkylation sites (tertiary alicyclic amines) is 1. The van der Waals surface area contributed by atoms with Crippen LogP contribution in [0, 0.1) is 23.5 Å². The number of fused-ring (bicyclic) bond motifs is 1. The maximum Gasteiger partial charge on any atom is 0.130 e. The Kier molecular flexibility index (Phi) is 3.08. The second-order valence-corrected chi connectivity index (χ2v) is 5.50. The van der Waals surface area contributed by atoms with E-state index in [0.29, 0.717) is 23.9 Å². The molecule has 1 saturated carbocycles. The molecule has 1 aliphatic carbocycles. The van der Waals surface area contributed by atoms with Crippen LogP contribution in [-0.2, 0) is 6.54 Å². The maximum atomic E-state index is 13.6. The minimum absolute atomic E-state index is 0.196. The monoisotopic (exact) mass is 253 g/mol. The van der Waals surface area contributed by atoms with Crippen LogP contribution in [0.5, 0.6) is 0 Å². The van der Waals surface area contributed by atoms with Gasteiger partial charge in [0.1, 0.15) is 11.6 Å². The maximum absolute atomic E-state index is 13.6. The normalized spacial score (nSPS) is 31.8. The second kappa shape index (κ2) is 4.59. The molecule has 2 aliphatic rings. The fraction of sp³-hybridized carbons (Fsp3) is 0.571. The van der Waals surface area contributed by atoms with Crippen molar-refractivity contribution < 1.29 is 13.9 Å². The van der Waals surface area contributed by atoms with E-state index in [1.54, 1.807) is 0 Å². The van der Waals surface area contributed by atoms with Crippen molar-refractivity contribution in [2.45, 2.75) is 25.5 Å². The largest absolute Gasteiger partial charge is 0.393 e. The zero-order valence-corrected chi connectivity index (χ0v) is 10.1. The lowest BCUT2D eigenvalue weighted by atomic mass is 10.00. The molecule has 1 heterocycles. The van der Waals surface area contributed by atoms with Crippen molar-refractivity contribution in [2.75, 3.05) is 13.1 Å². The zero-order chi connectivity index (χ0) is 12.7. The van der Waals surface area contributed by atoms with Crippen LogP contribution in [0.4, 0.5) is 8.78 Å². The smallest absolute Gasteiger partial charge is 0.130 e. The van der Waals surface area contributed by atoms with Crippen LogP contribution >= 0.6 is 0 Å². The molecule has 4 heteroatoms. The summed E-state index contributed by atoms with van der Waals surface area (Å²) in [6.07, 6.45) is 1.76. The lowest BCUT2D eigenvalue weighted by molar-refractivity contribution is 0.123. The number of rotatable bonds is 2. The van der Waals surface area contributed by atoms with Crippen LogP contribution in [0.1, 0.15) is 18.4 Å². The third-order valence-electron chi connectivity index (χ3n) is 4.30. The average molecular weight is 253 g/mol. The van der Waals surface area contributed by atoms with Crippen molar-refractivity contribution in [3.05, 3.63) is 35.4 Å². The summed E-state index contributed by atoms with van der Waals surface area (Å²) in [7, 11) is 0. The molecule has 18 heavy (non-hydrogen) atoms. The van der Waals surface area contributed by atoms with Crippen LogP contribution in [-0.4, -0.2) is 29.2 Å². The van der Waals surface area contributed by atoms with Gasteiger partial charge in [0.05, 0.1) is 6.10 Å². The first-order chi connectivity index (χ1) is 8.63. The highest BCUT2D eigenvalue weighted by atomic mass is 19.1. The zero-order valence-electron chi connectivity index (χ0n) is 10.1. The van der Waals surface area contributed by atoms with E-state index in [4.69, 9.17) is 0 Å². The highest BCUT2D eigenvalue weighted by Gasteiger charge is 2.41. The highest BCUT2D eigenvalue weighted by molar-refractivity contribution is 5.18. The molecule has 2 nitrogen and oxygen atoms in total. The predicted octanol–water partition coefficient (Wildman–Crippen LogP) is 2.17. The van der Waals surface area contributed by atoms with E-state index in [2.05, 4.69) is 4.90 Å². The third-order valence-corrected chi connectivity index (χ3v) is 4.30. The van der Waals surface area contributed by atoms with Crippen LogP contribution < -0.4 is 0 Å². The average Bonchev–Trinajstić information content (AvgIpc) is 2.86. The summed E-state index contributed by atoms with van der Waals surface area (Å²) < 4.78 is 26.4. The lowest BCUT2D eigenvalue weighted by Gasteiger charge is -2.18. The van der Waals surface area contributed by atoms with Gasteiger partial charge in [0.25, 0.3) is 0 Å². The fourth-order valence-corrected chi connectivity index (χ4v) is 3.35. The van der Waals surface area contributed by atoms with Crippen molar-refractivity contribution in [3.8, 4) is 0 Å². The summed E-state index contributed by atoms with van der Waals surface area (Å²) in [4.78, 5) is 2.16. The first kappa shape index (κ1) is 12.1. The van der Waals surface area contributed by atoms with Crippen molar-refractivity contribution >= 4 is 0 Å². The Morgan fingerprint density at radius 2 is 2.06 bits per heavy atom. The molecule has 0 amide bonds. The molecule has 0 aromatic heterocycles. The standard InChI is InChI=1S/C14H17F2NO/c15-11-3-1-10(13(16)5-11)7-17-6-9-2-4-14(18)12(9)8-17/h1,3,5,9,12,14,18H,2,4,6-8H2. The SMILES string of the molecule is OC1CCC2CN(Cc3ccc(F)cc3F)CC12. The van der Waals surface area contributed by atoms with Gasteiger partial charge in [0.15, 0.2) is 0 Å². The minimum Gasteiger partial charge on any atom is -0.393 e. The lowest BCUT2D eigenvalue weighted by Crippen LogP contribution is -2.24. The molecule has 1 aromatic rings. The first-order valence-corrected chi connectivity index (χ1v) is 6.48. The molecule has 2 fully saturated rings. The molecule has 1 saturated heterocycles. The number of benzene rings is 1. The first-order valence-electron chi connectivity index (χ1n) is 6.48. The van der Waals surface area contributed by atoms with E-state index in [1.807, 2.05) is 0 Å². The number of aliphatic hydroxyl groups is 1. The molecule has 3 unspecified atom stereocenters. The third kappa shape index (κ3) is 2.15. The van der Waals surface area contributed by atoms with Crippen molar-refractivity contribution in [1.82, 2.24) is 4.90 Å². The highest BCUT2D eigenvalue weighted by Crippen LogP contribution is 2.38. The molecule has 3 atom stereocenters. The van der Waals surface area contributed by atoms with Gasteiger partial charge >= 0.3 is 0 Å². The van der Waals surface area contributed by atoms with Crippen molar-refractivity contribution in [3.63, 3.8) is 0 Å². The summed E-state index contributed by atoms with van der Waals surface area (Å²) in [6, 6.07) is 3.74. The molecule has 1 aliphatic heterocycles. The number of hydrogen-bond acceptors (Lipinski definition) is 2. The van der Waals surface area contributed by atoms with E-state index >= 15 is 0 Å². The molecular weight excluding hydrogens is 236 g/mol. The molecule has 0 bridgehead atoms. The van der Waals surface area contributed by atoms with Crippen LogP contribution in [0.2, 0.25) is 0 Å². The van der Waals surface area contributed by atoms with E-state index in [-0.39, 0.29) is 6.10 Å². The van der Waals surface area contributed by atoms with Gasteiger partial charge < -0.3 is 5.11 Å². The van der Waals surface area contributed by atoms with Gasteiger partial charge in [-0.1, -0.05) is 6.07 Å². The number of nitrogens with zero attached hydrogens (tertiary/aromatic N) is 1. The van der Waals surface area contributed by atoms with Gasteiger partial charge in [-0.3, -0.25) is 4.90 Å². The molecular formula is C14H17F2NO. The number of halogens is 2. The Labute approximate surface area is 105 Å². The number of hydrogen-bond donors (Lipinski definition) is 1. The quantitative estimate of drug-likeness (QED) is 0.873. The Bertz CT molecular complexity index is 451. The summed E-state index contributed by atoms with van der Waals surface area (Å²) >= 11 is 0. The van der Waals surface area contributed by atoms with Crippen molar-refractivity contribution in [1.29, 1.82) is 0 Å². The summed E-state index contributed by atoms with van der Waals surface area (Å²) in [6.45, 7) is 2.24. The molecule has 3 rings (SSSR count). The summed E-state index contributed by atoms with van der Waals surface area (Å²) in [5.74, 6) is -0.130. The molecule has 1 N–H and O–H groups in total. The van der Waals surface area contributed by atoms with Gasteiger partial charge in [-0.05, 0) is 24.8 Å². The fourth-order valence-electron chi connectivity index (χ4n) is 3.35. The summed E-state index contributed by atoms with van der Waals surface area (Å²) in [5, 5.41) is 9.82. The van der Waals surface area contributed by atoms with Crippen LogP contribution in [0.15, 0.2) is 18.2 Å². The second-order valence-electron chi connectivity index (χ2n) is 5.50. The molecule has 98 valence electrons. The summed E-state index contributed by atoms with van der Waals surface area (Å²) in [5.41, 5.74) is 0.533. The van der Waals surface area contributed by atoms with Gasteiger partial charge in [-0.25, -0.2) is 8.78 Å². The van der Waals surface area contributed by atoms with Gasteiger partial charge in [-0.2, -0.15) is 0 Å². The number of aliphatic hydroxyl groups excluding tert-OH is 1. The van der Waals surface area contributed by atoms with Crippen LogP contribution in [0.25, 0.3) is 0 Å². The predicted molar refractivity (Wildman–Crippen MR) is 63.9 cm³/mol. The van der Waals surface area contributed by atoms with Gasteiger partial charge in [-0.15, -0.1) is 0 Å². The minimum atomic E-state index is -0.537. The van der Waals surface area contributed by atoms with Gasteiger partial charge in [0, 0.05) is 37.2 Å². The Balaban J connectivity index is 1.68. The van der Waals surface area contributed by atoms with Crippen LogP contribution in [0.3, 0.4) is 0 Å². The molecule has 1 aromatic carbocycles. The molecule has 0 radical (unpaired) electrons. The molecule has 0 spiro atoms. The Hall–Kier alpha value is -1.00. The van der Waals surface area contributed by atoms with Gasteiger partial charge in [0.2, 0.25) is 0 Å². The Morgan fingerprint density at radius 3 is 2.78 bits per heavy atom. The van der Waals surface area contributed by atoms with E-state index in [1.165, 1.54) is 12.1 Å².